The summed E-state index contributed by atoms with van der Waals surface area (Å²) in [5.41, 5.74) is 1.20. The number of fused-ring (bicyclic) bond motifs is 2. The summed E-state index contributed by atoms with van der Waals surface area (Å²) < 4.78 is 2.05. The Kier molecular flexibility index (Phi) is 3.37. The van der Waals surface area contributed by atoms with Gasteiger partial charge < -0.3 is 0 Å². The molecule has 2 bridgehead atoms. The normalized spacial score (nSPS) is 32.3. The molecule has 18 heavy (non-hydrogen) atoms. The Morgan fingerprint density at radius 3 is 2.56 bits per heavy atom. The first-order valence-corrected chi connectivity index (χ1v) is 7.51. The summed E-state index contributed by atoms with van der Waals surface area (Å²) in [6.07, 6.45) is 7.04. The Balaban J connectivity index is 1.69. The first-order valence-electron chi connectivity index (χ1n) is 7.07. The minimum atomic E-state index is 0.395. The van der Waals surface area contributed by atoms with Crippen LogP contribution in [-0.4, -0.2) is 32.1 Å². The van der Waals surface area contributed by atoms with Crippen LogP contribution in [0.3, 0.4) is 0 Å². The van der Waals surface area contributed by atoms with Gasteiger partial charge in [-0.2, -0.15) is 5.10 Å². The number of hydrogen-bond donors (Lipinski definition) is 0. The number of rotatable bonds is 3. The molecule has 1 aromatic heterocycles. The molecule has 0 aliphatic carbocycles. The van der Waals surface area contributed by atoms with Crippen molar-refractivity contribution in [2.24, 2.45) is 0 Å². The summed E-state index contributed by atoms with van der Waals surface area (Å²) in [7, 11) is 0. The molecule has 2 saturated heterocycles. The quantitative estimate of drug-likeness (QED) is 0.785. The topological polar surface area (TPSA) is 21.1 Å². The molecule has 2 fully saturated rings. The van der Waals surface area contributed by atoms with Gasteiger partial charge in [-0.15, -0.1) is 11.6 Å². The molecule has 2 unspecified atom stereocenters. The molecule has 3 rings (SSSR count). The summed E-state index contributed by atoms with van der Waals surface area (Å²) >= 11 is 6.31. The fourth-order valence-electron chi connectivity index (χ4n) is 3.40. The number of aromatic nitrogens is 2. The molecule has 2 aliphatic rings. The van der Waals surface area contributed by atoms with E-state index in [-0.39, 0.29) is 0 Å². The van der Waals surface area contributed by atoms with Gasteiger partial charge in [-0.05, 0) is 45.6 Å². The van der Waals surface area contributed by atoms with Crippen molar-refractivity contribution in [1.29, 1.82) is 0 Å². The molecular formula is C14H22ClN3. The second-order valence-corrected chi connectivity index (χ2v) is 6.62. The molecule has 2 aliphatic heterocycles. The summed E-state index contributed by atoms with van der Waals surface area (Å²) in [6, 6.07) is 3.99. The van der Waals surface area contributed by atoms with E-state index in [2.05, 4.69) is 36.1 Å². The first-order chi connectivity index (χ1) is 8.63. The molecule has 0 amide bonds. The number of piperidine rings is 1. The minimum Gasteiger partial charge on any atom is -0.291 e. The third-order valence-electron chi connectivity index (χ3n) is 4.36. The summed E-state index contributed by atoms with van der Waals surface area (Å²) in [5.74, 6) is 0. The van der Waals surface area contributed by atoms with Crippen molar-refractivity contribution in [1.82, 2.24) is 14.7 Å². The van der Waals surface area contributed by atoms with E-state index >= 15 is 0 Å². The van der Waals surface area contributed by atoms with Crippen molar-refractivity contribution in [2.75, 3.05) is 0 Å². The van der Waals surface area contributed by atoms with Crippen molar-refractivity contribution in [3.8, 4) is 0 Å². The lowest BCUT2D eigenvalue weighted by Gasteiger charge is -2.36. The zero-order valence-corrected chi connectivity index (χ0v) is 12.0. The lowest BCUT2D eigenvalue weighted by atomic mass is 10.0. The number of nitrogens with zero attached hydrogens (tertiary/aromatic N) is 3. The Morgan fingerprint density at radius 1 is 1.33 bits per heavy atom. The third kappa shape index (κ3) is 2.30. The molecule has 2 atom stereocenters. The molecule has 3 nitrogen and oxygen atoms in total. The third-order valence-corrected chi connectivity index (χ3v) is 4.72. The molecule has 1 aromatic rings. The van der Waals surface area contributed by atoms with Crippen LogP contribution >= 0.6 is 11.6 Å². The molecule has 0 N–H and O–H groups in total. The molecule has 0 spiro atoms. The van der Waals surface area contributed by atoms with Crippen LogP contribution in [0.25, 0.3) is 0 Å². The molecule has 0 radical (unpaired) electrons. The van der Waals surface area contributed by atoms with Gasteiger partial charge in [-0.1, -0.05) is 0 Å². The summed E-state index contributed by atoms with van der Waals surface area (Å²) in [4.78, 5) is 2.63. The van der Waals surface area contributed by atoms with Crippen molar-refractivity contribution in [3.05, 3.63) is 18.0 Å². The van der Waals surface area contributed by atoms with E-state index in [1.54, 1.807) is 0 Å². The predicted molar refractivity (Wildman–Crippen MR) is 73.8 cm³/mol. The van der Waals surface area contributed by atoms with Crippen LogP contribution in [0, 0.1) is 0 Å². The van der Waals surface area contributed by atoms with Gasteiger partial charge in [0.05, 0.1) is 5.69 Å². The van der Waals surface area contributed by atoms with Crippen molar-refractivity contribution in [2.45, 2.75) is 69.6 Å². The fraction of sp³-hybridized carbons (Fsp3) is 0.786. The lowest BCUT2D eigenvalue weighted by Crippen LogP contribution is -2.42. The van der Waals surface area contributed by atoms with Crippen LogP contribution < -0.4 is 0 Å². The van der Waals surface area contributed by atoms with Gasteiger partial charge >= 0.3 is 0 Å². The second kappa shape index (κ2) is 4.86. The highest BCUT2D eigenvalue weighted by atomic mass is 35.5. The van der Waals surface area contributed by atoms with Crippen LogP contribution in [-0.2, 0) is 6.54 Å². The molecule has 0 saturated carbocycles. The number of halogens is 1. The minimum absolute atomic E-state index is 0.395. The van der Waals surface area contributed by atoms with Crippen LogP contribution in [0.4, 0.5) is 0 Å². The fourth-order valence-corrected chi connectivity index (χ4v) is 3.81. The second-order valence-electron chi connectivity index (χ2n) is 6.01. The zero-order chi connectivity index (χ0) is 12.7. The number of hydrogen-bond acceptors (Lipinski definition) is 2. The number of alkyl halides is 1. The van der Waals surface area contributed by atoms with E-state index in [9.17, 15) is 0 Å². The van der Waals surface area contributed by atoms with Crippen LogP contribution in [0.2, 0.25) is 0 Å². The van der Waals surface area contributed by atoms with E-state index in [0.29, 0.717) is 23.5 Å². The lowest BCUT2D eigenvalue weighted by molar-refractivity contribution is 0.132. The van der Waals surface area contributed by atoms with Gasteiger partial charge in [-0.3, -0.25) is 9.58 Å². The van der Waals surface area contributed by atoms with Gasteiger partial charge in [-0.25, -0.2) is 0 Å². The maximum absolute atomic E-state index is 6.31. The Bertz CT molecular complexity index is 401. The highest BCUT2D eigenvalue weighted by Crippen LogP contribution is 2.38. The highest BCUT2D eigenvalue weighted by molar-refractivity contribution is 6.20. The first kappa shape index (κ1) is 12.5. The molecule has 3 heterocycles. The monoisotopic (exact) mass is 267 g/mol. The van der Waals surface area contributed by atoms with Crippen LogP contribution in [0.5, 0.6) is 0 Å². The molecular weight excluding hydrogens is 246 g/mol. The van der Waals surface area contributed by atoms with Gasteiger partial charge in [0, 0.05) is 36.2 Å². The van der Waals surface area contributed by atoms with E-state index in [1.165, 1.54) is 18.5 Å². The van der Waals surface area contributed by atoms with Gasteiger partial charge in [0.2, 0.25) is 0 Å². The van der Waals surface area contributed by atoms with E-state index in [1.807, 2.05) is 4.68 Å². The average molecular weight is 268 g/mol. The molecule has 4 heteroatoms. The summed E-state index contributed by atoms with van der Waals surface area (Å²) in [6.45, 7) is 5.33. The maximum Gasteiger partial charge on any atom is 0.0765 e. The van der Waals surface area contributed by atoms with E-state index < -0.39 is 0 Å². The van der Waals surface area contributed by atoms with E-state index in [4.69, 9.17) is 11.6 Å². The van der Waals surface area contributed by atoms with Gasteiger partial charge in [0.25, 0.3) is 0 Å². The Hall–Kier alpha value is -0.540. The van der Waals surface area contributed by atoms with Crippen molar-refractivity contribution in [3.63, 3.8) is 0 Å². The largest absolute Gasteiger partial charge is 0.291 e. The predicted octanol–water partition coefficient (Wildman–Crippen LogP) is 3.20. The van der Waals surface area contributed by atoms with Gasteiger partial charge in [0.1, 0.15) is 0 Å². The van der Waals surface area contributed by atoms with E-state index in [0.717, 1.165) is 19.4 Å². The van der Waals surface area contributed by atoms with Gasteiger partial charge in [0.15, 0.2) is 0 Å². The highest BCUT2D eigenvalue weighted by Gasteiger charge is 2.40. The zero-order valence-electron chi connectivity index (χ0n) is 11.2. The van der Waals surface area contributed by atoms with Crippen molar-refractivity contribution < 1.29 is 0 Å². The summed E-state index contributed by atoms with van der Waals surface area (Å²) in [5, 5.41) is 5.06. The smallest absolute Gasteiger partial charge is 0.0765 e. The Labute approximate surface area is 114 Å². The van der Waals surface area contributed by atoms with Crippen LogP contribution in [0.1, 0.15) is 51.3 Å². The molecule has 0 aromatic carbocycles. The van der Waals surface area contributed by atoms with Crippen LogP contribution in [0.15, 0.2) is 12.3 Å². The average Bonchev–Trinajstić information content (AvgIpc) is 2.85. The standard InChI is InChI=1S/C14H22ClN3/c1-10(2)18-6-5-12(16-18)9-17-13-3-4-14(17)8-11(15)7-13/h5-6,10-11,13-14H,3-4,7-9H2,1-2H3. The SMILES string of the molecule is CC(C)n1ccc(CN2C3CCC2CC(Cl)C3)n1. The van der Waals surface area contributed by atoms with Crippen molar-refractivity contribution >= 4 is 11.6 Å². The Morgan fingerprint density at radius 2 is 2.00 bits per heavy atom. The maximum atomic E-state index is 6.31. The molecule has 100 valence electrons.